The molecule has 24 heavy (non-hydrogen) atoms. The van der Waals surface area contributed by atoms with Gasteiger partial charge in [0, 0.05) is 22.9 Å². The third-order valence-corrected chi connectivity index (χ3v) is 4.87. The molecule has 0 saturated carbocycles. The maximum atomic E-state index is 11.4. The molecule has 0 aliphatic carbocycles. The van der Waals surface area contributed by atoms with Crippen molar-refractivity contribution in [2.45, 2.75) is 38.6 Å². The molecule has 1 aromatic heterocycles. The zero-order valence-electron chi connectivity index (χ0n) is 14.1. The molecular formula is C18H21N3O2S. The van der Waals surface area contributed by atoms with Gasteiger partial charge in [-0.05, 0) is 31.9 Å². The molecule has 0 aliphatic heterocycles. The fraction of sp³-hybridized carbons (Fsp3) is 0.389. The van der Waals surface area contributed by atoms with E-state index in [2.05, 4.69) is 30.2 Å². The Morgan fingerprint density at radius 1 is 1.42 bits per heavy atom. The molecule has 0 fully saturated rings. The average Bonchev–Trinajstić information content (AvgIpc) is 3.08. The van der Waals surface area contributed by atoms with Gasteiger partial charge in [0.15, 0.2) is 5.13 Å². The van der Waals surface area contributed by atoms with Crippen LogP contribution in [0.5, 0.6) is 0 Å². The molecule has 1 N–H and O–H groups in total. The largest absolute Gasteiger partial charge is 0.469 e. The van der Waals surface area contributed by atoms with Crippen molar-refractivity contribution in [1.82, 2.24) is 4.98 Å². The highest BCUT2D eigenvalue weighted by Gasteiger charge is 2.24. The summed E-state index contributed by atoms with van der Waals surface area (Å²) in [5.74, 6) is -0.200. The number of methoxy groups -OCH3 is 1. The number of ether oxygens (including phenoxy) is 1. The molecule has 1 unspecified atom stereocenters. The number of esters is 1. The van der Waals surface area contributed by atoms with Crippen molar-refractivity contribution in [2.75, 3.05) is 12.4 Å². The van der Waals surface area contributed by atoms with Crippen molar-refractivity contribution in [2.24, 2.45) is 0 Å². The van der Waals surface area contributed by atoms with Crippen LogP contribution in [-0.2, 0) is 9.53 Å². The lowest BCUT2D eigenvalue weighted by Crippen LogP contribution is -2.34. The molecule has 1 atom stereocenters. The highest BCUT2D eigenvalue weighted by atomic mass is 32.1. The van der Waals surface area contributed by atoms with Gasteiger partial charge in [-0.25, -0.2) is 4.98 Å². The van der Waals surface area contributed by atoms with Crippen molar-refractivity contribution >= 4 is 22.4 Å². The van der Waals surface area contributed by atoms with E-state index in [1.807, 2.05) is 17.5 Å². The number of nitrogens with zero attached hydrogens (tertiary/aromatic N) is 2. The van der Waals surface area contributed by atoms with Crippen LogP contribution in [0.1, 0.15) is 38.7 Å². The predicted octanol–water partition coefficient (Wildman–Crippen LogP) is 4.22. The Labute approximate surface area is 146 Å². The molecule has 0 saturated heterocycles. The zero-order chi connectivity index (χ0) is 17.6. The lowest BCUT2D eigenvalue weighted by Gasteiger charge is -2.29. The Morgan fingerprint density at radius 3 is 2.71 bits per heavy atom. The van der Waals surface area contributed by atoms with Crippen LogP contribution in [0, 0.1) is 11.3 Å². The standard InChI is InChI=1S/C18H21N3O2S/c1-4-18(2,10-9-16(22)23-3)21-17-20-15(12-24-17)14-7-5-13(11-19)6-8-14/h5-8,12H,4,9-10H2,1-3H3,(H,20,21). The van der Waals surface area contributed by atoms with Crippen LogP contribution in [0.2, 0.25) is 0 Å². The van der Waals surface area contributed by atoms with E-state index in [1.54, 1.807) is 12.1 Å². The van der Waals surface area contributed by atoms with Gasteiger partial charge < -0.3 is 10.1 Å². The molecule has 0 spiro atoms. The highest BCUT2D eigenvalue weighted by Crippen LogP contribution is 2.29. The van der Waals surface area contributed by atoms with E-state index in [1.165, 1.54) is 18.4 Å². The molecule has 126 valence electrons. The molecular weight excluding hydrogens is 322 g/mol. The van der Waals surface area contributed by atoms with Gasteiger partial charge in [0.05, 0.1) is 24.4 Å². The summed E-state index contributed by atoms with van der Waals surface area (Å²) in [5.41, 5.74) is 2.27. The van der Waals surface area contributed by atoms with Crippen molar-refractivity contribution in [3.63, 3.8) is 0 Å². The van der Waals surface area contributed by atoms with Crippen molar-refractivity contribution in [3.8, 4) is 17.3 Å². The number of thiazole rings is 1. The normalized spacial score (nSPS) is 12.9. The Kier molecular flexibility index (Phi) is 5.93. The minimum Gasteiger partial charge on any atom is -0.469 e. The van der Waals surface area contributed by atoms with Crippen LogP contribution in [0.4, 0.5) is 5.13 Å². The Hall–Kier alpha value is -2.39. The summed E-state index contributed by atoms with van der Waals surface area (Å²) in [6.07, 6.45) is 1.93. The SMILES string of the molecule is CCC(C)(CCC(=O)OC)Nc1nc(-c2ccc(C#N)cc2)cs1. The van der Waals surface area contributed by atoms with E-state index in [9.17, 15) is 4.79 Å². The van der Waals surface area contributed by atoms with Crippen LogP contribution in [-0.4, -0.2) is 23.6 Å². The second-order valence-electron chi connectivity index (χ2n) is 5.84. The fourth-order valence-corrected chi connectivity index (χ4v) is 3.11. The molecule has 5 nitrogen and oxygen atoms in total. The summed E-state index contributed by atoms with van der Waals surface area (Å²) in [4.78, 5) is 16.0. The topological polar surface area (TPSA) is 75.0 Å². The minimum absolute atomic E-state index is 0.200. The molecule has 2 aromatic rings. The Morgan fingerprint density at radius 2 is 2.12 bits per heavy atom. The van der Waals surface area contributed by atoms with Gasteiger partial charge in [-0.2, -0.15) is 5.26 Å². The Bertz CT molecular complexity index is 733. The summed E-state index contributed by atoms with van der Waals surface area (Å²) in [6.45, 7) is 4.16. The second-order valence-corrected chi connectivity index (χ2v) is 6.70. The lowest BCUT2D eigenvalue weighted by atomic mass is 9.93. The third kappa shape index (κ3) is 4.56. The monoisotopic (exact) mass is 343 g/mol. The fourth-order valence-electron chi connectivity index (χ4n) is 2.25. The Balaban J connectivity index is 2.08. The number of anilines is 1. The first kappa shape index (κ1) is 18.0. The summed E-state index contributed by atoms with van der Waals surface area (Å²) in [6, 6.07) is 9.47. The molecule has 0 amide bonds. The van der Waals surface area contributed by atoms with Crippen molar-refractivity contribution in [1.29, 1.82) is 5.26 Å². The van der Waals surface area contributed by atoms with Crippen LogP contribution in [0.25, 0.3) is 11.3 Å². The van der Waals surface area contributed by atoms with Crippen LogP contribution in [0.3, 0.4) is 0 Å². The van der Waals surface area contributed by atoms with E-state index in [4.69, 9.17) is 10.00 Å². The number of hydrogen-bond acceptors (Lipinski definition) is 6. The maximum Gasteiger partial charge on any atom is 0.305 e. The van der Waals surface area contributed by atoms with E-state index in [0.29, 0.717) is 18.4 Å². The number of aromatic nitrogens is 1. The summed E-state index contributed by atoms with van der Waals surface area (Å²) in [7, 11) is 1.41. The first-order valence-corrected chi connectivity index (χ1v) is 8.68. The van der Waals surface area contributed by atoms with E-state index in [-0.39, 0.29) is 11.5 Å². The van der Waals surface area contributed by atoms with Gasteiger partial charge >= 0.3 is 5.97 Å². The van der Waals surface area contributed by atoms with Gasteiger partial charge in [-0.1, -0.05) is 19.1 Å². The predicted molar refractivity (Wildman–Crippen MR) is 95.8 cm³/mol. The summed E-state index contributed by atoms with van der Waals surface area (Å²) in [5, 5.41) is 15.1. The van der Waals surface area contributed by atoms with Crippen LogP contribution >= 0.6 is 11.3 Å². The number of nitriles is 1. The van der Waals surface area contributed by atoms with Crippen LogP contribution in [0.15, 0.2) is 29.6 Å². The first-order valence-electron chi connectivity index (χ1n) is 7.80. The second kappa shape index (κ2) is 7.93. The van der Waals surface area contributed by atoms with E-state index < -0.39 is 0 Å². The third-order valence-electron chi connectivity index (χ3n) is 4.11. The summed E-state index contributed by atoms with van der Waals surface area (Å²) >= 11 is 1.53. The van der Waals surface area contributed by atoms with Gasteiger partial charge in [0.25, 0.3) is 0 Å². The number of hydrogen-bond donors (Lipinski definition) is 1. The lowest BCUT2D eigenvalue weighted by molar-refractivity contribution is -0.140. The number of carbonyl (C=O) groups is 1. The molecule has 0 aliphatic rings. The molecule has 6 heteroatoms. The first-order chi connectivity index (χ1) is 11.5. The van der Waals surface area contributed by atoms with Gasteiger partial charge in [0.1, 0.15) is 0 Å². The van der Waals surface area contributed by atoms with E-state index in [0.717, 1.165) is 22.8 Å². The quantitative estimate of drug-likeness (QED) is 0.762. The minimum atomic E-state index is -0.214. The van der Waals surface area contributed by atoms with Gasteiger partial charge in [-0.15, -0.1) is 11.3 Å². The maximum absolute atomic E-state index is 11.4. The average molecular weight is 343 g/mol. The van der Waals surface area contributed by atoms with Crippen molar-refractivity contribution in [3.05, 3.63) is 35.2 Å². The number of carbonyl (C=O) groups excluding carboxylic acids is 1. The molecule has 0 radical (unpaired) electrons. The zero-order valence-corrected chi connectivity index (χ0v) is 14.9. The number of benzene rings is 1. The number of rotatable bonds is 7. The summed E-state index contributed by atoms with van der Waals surface area (Å²) < 4.78 is 4.72. The molecule has 1 aromatic carbocycles. The molecule has 1 heterocycles. The van der Waals surface area contributed by atoms with Crippen molar-refractivity contribution < 1.29 is 9.53 Å². The van der Waals surface area contributed by atoms with E-state index >= 15 is 0 Å². The van der Waals surface area contributed by atoms with Gasteiger partial charge in [-0.3, -0.25) is 4.79 Å². The van der Waals surface area contributed by atoms with Crippen LogP contribution < -0.4 is 5.32 Å². The van der Waals surface area contributed by atoms with Gasteiger partial charge in [0.2, 0.25) is 0 Å². The molecule has 2 rings (SSSR count). The molecule has 0 bridgehead atoms. The number of nitrogens with one attached hydrogen (secondary N) is 1. The highest BCUT2D eigenvalue weighted by molar-refractivity contribution is 7.14. The smallest absolute Gasteiger partial charge is 0.305 e.